The molecular weight excluding hydrogens is 182 g/mol. The van der Waals surface area contributed by atoms with E-state index in [0.29, 0.717) is 25.3 Å². The summed E-state index contributed by atoms with van der Waals surface area (Å²) in [5.41, 5.74) is 0. The molecule has 4 heteroatoms. The van der Waals surface area contributed by atoms with Gasteiger partial charge in [-0.2, -0.15) is 0 Å². The van der Waals surface area contributed by atoms with Gasteiger partial charge in [0.15, 0.2) is 0 Å². The Kier molecular flexibility index (Phi) is 5.92. The summed E-state index contributed by atoms with van der Waals surface area (Å²) in [7, 11) is 0. The quantitative estimate of drug-likeness (QED) is 0.680. The number of rotatable bonds is 6. The van der Waals surface area contributed by atoms with Gasteiger partial charge in [-0.3, -0.25) is 9.59 Å². The Labute approximate surface area is 84.7 Å². The van der Waals surface area contributed by atoms with E-state index < -0.39 is 11.9 Å². The van der Waals surface area contributed by atoms with Crippen molar-refractivity contribution < 1.29 is 14.7 Å². The molecule has 0 rings (SSSR count). The third kappa shape index (κ3) is 6.46. The first kappa shape index (κ1) is 12.9. The van der Waals surface area contributed by atoms with Crippen molar-refractivity contribution in [3.63, 3.8) is 0 Å². The van der Waals surface area contributed by atoms with Gasteiger partial charge in [0.1, 0.15) is 0 Å². The molecular formula is C10H19NO3. The molecule has 1 atom stereocenters. The lowest BCUT2D eigenvalue weighted by Gasteiger charge is -2.08. The number of hydrogen-bond donors (Lipinski definition) is 2. The Hall–Kier alpha value is -1.06. The monoisotopic (exact) mass is 201 g/mol. The summed E-state index contributed by atoms with van der Waals surface area (Å²) in [6.45, 7) is 6.29. The van der Waals surface area contributed by atoms with Crippen molar-refractivity contribution in [1.82, 2.24) is 5.32 Å². The fourth-order valence-corrected chi connectivity index (χ4v) is 0.877. The normalized spacial score (nSPS) is 12.6. The Bertz CT molecular complexity index is 202. The van der Waals surface area contributed by atoms with Crippen molar-refractivity contribution in [3.05, 3.63) is 0 Å². The summed E-state index contributed by atoms with van der Waals surface area (Å²) in [4.78, 5) is 21.6. The predicted octanol–water partition coefficient (Wildman–Crippen LogP) is 1.26. The van der Waals surface area contributed by atoms with Crippen LogP contribution in [0.5, 0.6) is 0 Å². The summed E-state index contributed by atoms with van der Waals surface area (Å²) in [6.07, 6.45) is 0.694. The SMILES string of the molecule is CC(C)CNC(=O)CCC(C)C(=O)O. The zero-order valence-electron chi connectivity index (χ0n) is 9.04. The molecule has 0 bridgehead atoms. The molecule has 82 valence electrons. The van der Waals surface area contributed by atoms with Crippen molar-refractivity contribution in [2.75, 3.05) is 6.54 Å². The van der Waals surface area contributed by atoms with Crippen LogP contribution >= 0.6 is 0 Å². The van der Waals surface area contributed by atoms with E-state index >= 15 is 0 Å². The minimum absolute atomic E-state index is 0.0631. The number of hydrogen-bond acceptors (Lipinski definition) is 2. The number of carbonyl (C=O) groups excluding carboxylic acids is 1. The van der Waals surface area contributed by atoms with Crippen LogP contribution in [0.3, 0.4) is 0 Å². The molecule has 0 fully saturated rings. The van der Waals surface area contributed by atoms with Crippen LogP contribution in [0.4, 0.5) is 0 Å². The van der Waals surface area contributed by atoms with Gasteiger partial charge < -0.3 is 10.4 Å². The highest BCUT2D eigenvalue weighted by molar-refractivity contribution is 5.77. The summed E-state index contributed by atoms with van der Waals surface area (Å²) in [6, 6.07) is 0. The third-order valence-corrected chi connectivity index (χ3v) is 1.93. The Balaban J connectivity index is 3.59. The van der Waals surface area contributed by atoms with E-state index in [1.807, 2.05) is 13.8 Å². The van der Waals surface area contributed by atoms with E-state index in [2.05, 4.69) is 5.32 Å². The van der Waals surface area contributed by atoms with Gasteiger partial charge in [0.2, 0.25) is 5.91 Å². The Morgan fingerprint density at radius 3 is 2.29 bits per heavy atom. The number of amides is 1. The highest BCUT2D eigenvalue weighted by Gasteiger charge is 2.12. The standard InChI is InChI=1S/C10H19NO3/c1-7(2)6-11-9(12)5-4-8(3)10(13)14/h7-8H,4-6H2,1-3H3,(H,11,12)(H,13,14). The molecule has 0 heterocycles. The van der Waals surface area contributed by atoms with Crippen molar-refractivity contribution >= 4 is 11.9 Å². The minimum atomic E-state index is -0.846. The molecule has 0 aliphatic rings. The predicted molar refractivity (Wildman–Crippen MR) is 53.9 cm³/mol. The largest absolute Gasteiger partial charge is 0.481 e. The van der Waals surface area contributed by atoms with Gasteiger partial charge in [-0.25, -0.2) is 0 Å². The van der Waals surface area contributed by atoms with Crippen LogP contribution in [0, 0.1) is 11.8 Å². The van der Waals surface area contributed by atoms with Crippen LogP contribution in [-0.2, 0) is 9.59 Å². The van der Waals surface area contributed by atoms with Gasteiger partial charge in [-0.1, -0.05) is 20.8 Å². The van der Waals surface area contributed by atoms with E-state index in [4.69, 9.17) is 5.11 Å². The van der Waals surface area contributed by atoms with Crippen LogP contribution in [0.25, 0.3) is 0 Å². The fourth-order valence-electron chi connectivity index (χ4n) is 0.877. The van der Waals surface area contributed by atoms with Gasteiger partial charge in [0.25, 0.3) is 0 Å². The second kappa shape index (κ2) is 6.40. The number of carbonyl (C=O) groups is 2. The summed E-state index contributed by atoms with van der Waals surface area (Å²) >= 11 is 0. The molecule has 0 saturated carbocycles. The number of carboxylic acid groups (broad SMARTS) is 1. The first-order chi connectivity index (χ1) is 6.43. The van der Waals surface area contributed by atoms with Gasteiger partial charge in [-0.15, -0.1) is 0 Å². The van der Waals surface area contributed by atoms with Crippen LogP contribution < -0.4 is 5.32 Å². The first-order valence-electron chi connectivity index (χ1n) is 4.93. The maximum atomic E-state index is 11.2. The summed E-state index contributed by atoms with van der Waals surface area (Å²) in [5.74, 6) is -0.927. The molecule has 0 aromatic heterocycles. The Morgan fingerprint density at radius 1 is 1.29 bits per heavy atom. The second-order valence-corrected chi connectivity index (χ2v) is 3.98. The van der Waals surface area contributed by atoms with Crippen LogP contribution in [0.1, 0.15) is 33.6 Å². The number of aliphatic carboxylic acids is 1. The van der Waals surface area contributed by atoms with Gasteiger partial charge >= 0.3 is 5.97 Å². The third-order valence-electron chi connectivity index (χ3n) is 1.93. The summed E-state index contributed by atoms with van der Waals surface area (Å²) < 4.78 is 0. The molecule has 1 unspecified atom stereocenters. The number of carboxylic acids is 1. The highest BCUT2D eigenvalue weighted by atomic mass is 16.4. The molecule has 0 aliphatic carbocycles. The van der Waals surface area contributed by atoms with E-state index in [-0.39, 0.29) is 5.91 Å². The van der Waals surface area contributed by atoms with Crippen LogP contribution in [0.2, 0.25) is 0 Å². The lowest BCUT2D eigenvalue weighted by Crippen LogP contribution is -2.27. The van der Waals surface area contributed by atoms with E-state index in [0.717, 1.165) is 0 Å². The lowest BCUT2D eigenvalue weighted by molar-refractivity contribution is -0.141. The van der Waals surface area contributed by atoms with E-state index in [1.165, 1.54) is 0 Å². The molecule has 14 heavy (non-hydrogen) atoms. The molecule has 0 saturated heterocycles. The van der Waals surface area contributed by atoms with Crippen LogP contribution in [-0.4, -0.2) is 23.5 Å². The zero-order valence-corrected chi connectivity index (χ0v) is 9.04. The Morgan fingerprint density at radius 2 is 1.86 bits per heavy atom. The molecule has 0 aromatic carbocycles. The topological polar surface area (TPSA) is 66.4 Å². The first-order valence-corrected chi connectivity index (χ1v) is 4.93. The second-order valence-electron chi connectivity index (χ2n) is 3.98. The van der Waals surface area contributed by atoms with Gasteiger partial charge in [0.05, 0.1) is 5.92 Å². The molecule has 1 amide bonds. The zero-order chi connectivity index (χ0) is 11.1. The van der Waals surface area contributed by atoms with Gasteiger partial charge in [-0.05, 0) is 12.3 Å². The maximum absolute atomic E-state index is 11.2. The van der Waals surface area contributed by atoms with Gasteiger partial charge in [0, 0.05) is 13.0 Å². The molecule has 0 aromatic rings. The average Bonchev–Trinajstić information content (AvgIpc) is 2.10. The number of nitrogens with one attached hydrogen (secondary N) is 1. The van der Waals surface area contributed by atoms with Crippen molar-refractivity contribution in [2.45, 2.75) is 33.6 Å². The van der Waals surface area contributed by atoms with Crippen molar-refractivity contribution in [1.29, 1.82) is 0 Å². The molecule has 2 N–H and O–H groups in total. The molecule has 0 aliphatic heterocycles. The van der Waals surface area contributed by atoms with Crippen LogP contribution in [0.15, 0.2) is 0 Å². The van der Waals surface area contributed by atoms with Crippen molar-refractivity contribution in [2.24, 2.45) is 11.8 Å². The molecule has 0 radical (unpaired) electrons. The van der Waals surface area contributed by atoms with E-state index in [1.54, 1.807) is 6.92 Å². The molecule has 4 nitrogen and oxygen atoms in total. The van der Waals surface area contributed by atoms with Crippen molar-refractivity contribution in [3.8, 4) is 0 Å². The average molecular weight is 201 g/mol. The summed E-state index contributed by atoms with van der Waals surface area (Å²) in [5, 5.41) is 11.3. The minimum Gasteiger partial charge on any atom is -0.481 e. The fraction of sp³-hybridized carbons (Fsp3) is 0.800. The highest BCUT2D eigenvalue weighted by Crippen LogP contribution is 2.05. The lowest BCUT2D eigenvalue weighted by atomic mass is 10.1. The molecule has 0 spiro atoms. The smallest absolute Gasteiger partial charge is 0.306 e. The maximum Gasteiger partial charge on any atom is 0.306 e. The van der Waals surface area contributed by atoms with E-state index in [9.17, 15) is 9.59 Å².